The number of benzene rings is 1. The molecule has 0 aliphatic heterocycles. The molecular formula is C14H15NO2S. The molecule has 1 amide bonds. The average Bonchev–Trinajstić information content (AvgIpc) is 2.90. The molecule has 0 fully saturated rings. The molecule has 1 N–H and O–H groups in total. The van der Waals surface area contributed by atoms with Crippen LogP contribution in [0.15, 0.2) is 52.0 Å². The Morgan fingerprint density at radius 3 is 2.83 bits per heavy atom. The highest BCUT2D eigenvalue weighted by Gasteiger charge is 2.07. The summed E-state index contributed by atoms with van der Waals surface area (Å²) in [4.78, 5) is 13.0. The summed E-state index contributed by atoms with van der Waals surface area (Å²) in [5.74, 6) is 0.773. The maximum absolute atomic E-state index is 11.8. The van der Waals surface area contributed by atoms with E-state index in [4.69, 9.17) is 4.42 Å². The fourth-order valence-electron chi connectivity index (χ4n) is 1.68. The Balaban J connectivity index is 1.90. The third-order valence-electron chi connectivity index (χ3n) is 2.58. The van der Waals surface area contributed by atoms with Crippen molar-refractivity contribution in [3.8, 4) is 0 Å². The zero-order valence-electron chi connectivity index (χ0n) is 10.2. The molecule has 0 unspecified atom stereocenters. The van der Waals surface area contributed by atoms with Crippen LogP contribution in [0.1, 0.15) is 11.3 Å². The number of rotatable bonds is 5. The molecule has 0 radical (unpaired) electrons. The highest BCUT2D eigenvalue weighted by Crippen LogP contribution is 2.20. The predicted molar refractivity (Wildman–Crippen MR) is 72.5 cm³/mol. The van der Waals surface area contributed by atoms with Crippen LogP contribution in [0.3, 0.4) is 0 Å². The molecule has 18 heavy (non-hydrogen) atoms. The highest BCUT2D eigenvalue weighted by molar-refractivity contribution is 7.98. The monoisotopic (exact) mass is 261 g/mol. The standard InChI is InChI=1S/C14H15NO2S/c1-18-13-7-3-2-5-11(13)9-14(16)15-10-12-6-4-8-17-12/h2-8H,9-10H2,1H3,(H,15,16). The van der Waals surface area contributed by atoms with Gasteiger partial charge in [-0.3, -0.25) is 4.79 Å². The van der Waals surface area contributed by atoms with E-state index in [1.165, 1.54) is 0 Å². The molecule has 3 nitrogen and oxygen atoms in total. The Hall–Kier alpha value is -1.68. The van der Waals surface area contributed by atoms with E-state index in [0.717, 1.165) is 16.2 Å². The van der Waals surface area contributed by atoms with Crippen LogP contribution in [0.25, 0.3) is 0 Å². The van der Waals surface area contributed by atoms with Crippen LogP contribution in [0.4, 0.5) is 0 Å². The quantitative estimate of drug-likeness (QED) is 0.842. The van der Waals surface area contributed by atoms with E-state index in [2.05, 4.69) is 5.32 Å². The molecule has 1 heterocycles. The SMILES string of the molecule is CSc1ccccc1CC(=O)NCc1ccco1. The summed E-state index contributed by atoms with van der Waals surface area (Å²) >= 11 is 1.65. The van der Waals surface area contributed by atoms with E-state index in [9.17, 15) is 4.79 Å². The van der Waals surface area contributed by atoms with Crippen LogP contribution in [0, 0.1) is 0 Å². The summed E-state index contributed by atoms with van der Waals surface area (Å²) in [7, 11) is 0. The summed E-state index contributed by atoms with van der Waals surface area (Å²) in [6, 6.07) is 11.6. The predicted octanol–water partition coefficient (Wildman–Crippen LogP) is 2.86. The van der Waals surface area contributed by atoms with Crippen LogP contribution in [0.2, 0.25) is 0 Å². The summed E-state index contributed by atoms with van der Waals surface area (Å²) in [5, 5.41) is 2.84. The Morgan fingerprint density at radius 1 is 1.28 bits per heavy atom. The molecule has 0 atom stereocenters. The molecule has 2 rings (SSSR count). The van der Waals surface area contributed by atoms with Crippen LogP contribution in [-0.4, -0.2) is 12.2 Å². The maximum Gasteiger partial charge on any atom is 0.224 e. The van der Waals surface area contributed by atoms with Crippen molar-refractivity contribution >= 4 is 17.7 Å². The van der Waals surface area contributed by atoms with Gasteiger partial charge in [0, 0.05) is 4.90 Å². The van der Waals surface area contributed by atoms with Crippen molar-refractivity contribution in [3.63, 3.8) is 0 Å². The summed E-state index contributed by atoms with van der Waals surface area (Å²) in [6.07, 6.45) is 4.02. The first-order valence-electron chi connectivity index (χ1n) is 5.70. The Kier molecular flexibility index (Phi) is 4.47. The van der Waals surface area contributed by atoms with E-state index < -0.39 is 0 Å². The lowest BCUT2D eigenvalue weighted by atomic mass is 10.1. The van der Waals surface area contributed by atoms with Crippen molar-refractivity contribution in [3.05, 3.63) is 54.0 Å². The highest BCUT2D eigenvalue weighted by atomic mass is 32.2. The molecule has 0 aliphatic carbocycles. The number of amides is 1. The second-order valence-corrected chi connectivity index (χ2v) is 4.69. The van der Waals surface area contributed by atoms with Gasteiger partial charge in [-0.25, -0.2) is 0 Å². The lowest BCUT2D eigenvalue weighted by Crippen LogP contribution is -2.24. The zero-order chi connectivity index (χ0) is 12.8. The van der Waals surface area contributed by atoms with E-state index >= 15 is 0 Å². The van der Waals surface area contributed by atoms with Gasteiger partial charge in [0.2, 0.25) is 5.91 Å². The first-order valence-corrected chi connectivity index (χ1v) is 6.93. The fraction of sp³-hybridized carbons (Fsp3) is 0.214. The number of hydrogen-bond acceptors (Lipinski definition) is 3. The van der Waals surface area contributed by atoms with Crippen LogP contribution >= 0.6 is 11.8 Å². The molecule has 1 aromatic carbocycles. The lowest BCUT2D eigenvalue weighted by Gasteiger charge is -2.07. The number of thioether (sulfide) groups is 1. The van der Waals surface area contributed by atoms with E-state index in [1.54, 1.807) is 18.0 Å². The first-order chi connectivity index (χ1) is 8.79. The van der Waals surface area contributed by atoms with E-state index in [1.807, 2.05) is 42.7 Å². The van der Waals surface area contributed by atoms with Crippen LogP contribution < -0.4 is 5.32 Å². The van der Waals surface area contributed by atoms with Gasteiger partial charge in [-0.2, -0.15) is 0 Å². The molecule has 0 bridgehead atoms. The summed E-state index contributed by atoms with van der Waals surface area (Å²) in [6.45, 7) is 0.438. The van der Waals surface area contributed by atoms with Gasteiger partial charge in [0.1, 0.15) is 5.76 Å². The molecule has 0 saturated heterocycles. The van der Waals surface area contributed by atoms with Gasteiger partial charge in [-0.05, 0) is 30.0 Å². The number of carbonyl (C=O) groups excluding carboxylic acids is 1. The van der Waals surface area contributed by atoms with Gasteiger partial charge in [0.05, 0.1) is 19.2 Å². The largest absolute Gasteiger partial charge is 0.467 e. The summed E-state index contributed by atoms with van der Waals surface area (Å²) in [5.41, 5.74) is 1.06. The molecule has 1 aromatic heterocycles. The molecule has 0 saturated carbocycles. The van der Waals surface area contributed by atoms with Crippen LogP contribution in [-0.2, 0) is 17.8 Å². The van der Waals surface area contributed by atoms with Crippen molar-refractivity contribution in [1.29, 1.82) is 0 Å². The smallest absolute Gasteiger partial charge is 0.224 e. The number of hydrogen-bond donors (Lipinski definition) is 1. The van der Waals surface area contributed by atoms with Crippen LogP contribution in [0.5, 0.6) is 0 Å². The van der Waals surface area contributed by atoms with Gasteiger partial charge in [-0.1, -0.05) is 18.2 Å². The lowest BCUT2D eigenvalue weighted by molar-refractivity contribution is -0.120. The average molecular weight is 261 g/mol. The third-order valence-corrected chi connectivity index (χ3v) is 3.42. The molecule has 4 heteroatoms. The molecule has 2 aromatic rings. The Labute approximate surface area is 111 Å². The minimum atomic E-state index is 0.00731. The van der Waals surface area contributed by atoms with Crippen molar-refractivity contribution in [2.75, 3.05) is 6.26 Å². The normalized spacial score (nSPS) is 10.3. The number of furan rings is 1. The Bertz CT molecular complexity index is 508. The molecule has 0 aliphatic rings. The van der Waals surface area contributed by atoms with Gasteiger partial charge >= 0.3 is 0 Å². The van der Waals surface area contributed by atoms with Gasteiger partial charge in [0.15, 0.2) is 0 Å². The number of carbonyl (C=O) groups is 1. The van der Waals surface area contributed by atoms with Gasteiger partial charge < -0.3 is 9.73 Å². The van der Waals surface area contributed by atoms with Crippen molar-refractivity contribution in [2.24, 2.45) is 0 Å². The van der Waals surface area contributed by atoms with Gasteiger partial charge in [-0.15, -0.1) is 11.8 Å². The Morgan fingerprint density at radius 2 is 2.11 bits per heavy atom. The van der Waals surface area contributed by atoms with Crippen molar-refractivity contribution in [1.82, 2.24) is 5.32 Å². The van der Waals surface area contributed by atoms with E-state index in [0.29, 0.717) is 13.0 Å². The first kappa shape index (κ1) is 12.8. The summed E-state index contributed by atoms with van der Waals surface area (Å²) < 4.78 is 5.16. The maximum atomic E-state index is 11.8. The molecule has 0 spiro atoms. The minimum Gasteiger partial charge on any atom is -0.467 e. The van der Waals surface area contributed by atoms with E-state index in [-0.39, 0.29) is 5.91 Å². The molecular weight excluding hydrogens is 246 g/mol. The zero-order valence-corrected chi connectivity index (χ0v) is 11.0. The fourth-order valence-corrected chi connectivity index (χ4v) is 2.30. The molecule has 94 valence electrons. The van der Waals surface area contributed by atoms with Gasteiger partial charge in [0.25, 0.3) is 0 Å². The topological polar surface area (TPSA) is 42.2 Å². The second kappa shape index (κ2) is 6.31. The van der Waals surface area contributed by atoms with Crippen molar-refractivity contribution in [2.45, 2.75) is 17.9 Å². The van der Waals surface area contributed by atoms with Crippen molar-refractivity contribution < 1.29 is 9.21 Å². The number of nitrogens with one attached hydrogen (secondary N) is 1. The third kappa shape index (κ3) is 3.40. The second-order valence-electron chi connectivity index (χ2n) is 3.84. The minimum absolute atomic E-state index is 0.00731.